The van der Waals surface area contributed by atoms with Crippen molar-refractivity contribution in [2.24, 2.45) is 5.92 Å². The molecular formula is C34H40F2N6O2. The van der Waals surface area contributed by atoms with Gasteiger partial charge >= 0.3 is 6.01 Å². The molecule has 44 heavy (non-hydrogen) atoms. The lowest BCUT2D eigenvalue weighted by molar-refractivity contribution is 0.0829. The van der Waals surface area contributed by atoms with Crippen LogP contribution in [0.5, 0.6) is 11.8 Å². The van der Waals surface area contributed by atoms with Crippen LogP contribution in [0.2, 0.25) is 0 Å². The number of nitrogens with zero attached hydrogens (tertiary/aromatic N) is 5. The summed E-state index contributed by atoms with van der Waals surface area (Å²) in [5.41, 5.74) is 2.38. The van der Waals surface area contributed by atoms with Gasteiger partial charge in [-0.25, -0.2) is 8.78 Å². The van der Waals surface area contributed by atoms with Crippen LogP contribution in [-0.4, -0.2) is 82.6 Å². The van der Waals surface area contributed by atoms with E-state index in [1.807, 2.05) is 6.07 Å². The highest BCUT2D eigenvalue weighted by atomic mass is 19.1. The van der Waals surface area contributed by atoms with Crippen molar-refractivity contribution in [3.05, 3.63) is 47.4 Å². The molecule has 8 nitrogen and oxygen atoms in total. The Morgan fingerprint density at radius 1 is 1.02 bits per heavy atom. The molecule has 10 heteroatoms. The number of fused-ring (bicyclic) bond motifs is 7. The Morgan fingerprint density at radius 3 is 2.75 bits per heavy atom. The molecule has 0 spiro atoms. The van der Waals surface area contributed by atoms with E-state index >= 15 is 4.39 Å². The molecule has 6 aliphatic rings. The minimum absolute atomic E-state index is 0.112. The van der Waals surface area contributed by atoms with Crippen LogP contribution >= 0.6 is 0 Å². The molecule has 0 radical (unpaired) electrons. The number of phenolic OH excluding ortho intramolecular Hbond substituents is 1. The number of rotatable bonds is 5. The van der Waals surface area contributed by atoms with Crippen LogP contribution in [0.1, 0.15) is 56.2 Å². The van der Waals surface area contributed by atoms with Crippen LogP contribution in [0, 0.1) is 11.7 Å². The van der Waals surface area contributed by atoms with Gasteiger partial charge in [0, 0.05) is 67.7 Å². The van der Waals surface area contributed by atoms with E-state index in [2.05, 4.69) is 20.0 Å². The van der Waals surface area contributed by atoms with Gasteiger partial charge in [0.1, 0.15) is 30.2 Å². The van der Waals surface area contributed by atoms with Crippen molar-refractivity contribution >= 4 is 22.3 Å². The van der Waals surface area contributed by atoms with E-state index in [4.69, 9.17) is 14.7 Å². The number of hydrogen-bond acceptors (Lipinski definition) is 8. The summed E-state index contributed by atoms with van der Waals surface area (Å²) >= 11 is 0. The van der Waals surface area contributed by atoms with Crippen LogP contribution in [0.3, 0.4) is 0 Å². The minimum Gasteiger partial charge on any atom is -0.508 e. The van der Waals surface area contributed by atoms with Gasteiger partial charge in [-0.3, -0.25) is 4.90 Å². The maximum absolute atomic E-state index is 15.1. The van der Waals surface area contributed by atoms with Gasteiger partial charge in [0.2, 0.25) is 0 Å². The zero-order chi connectivity index (χ0) is 29.6. The standard InChI is InChI=1S/C34H40F2N6O2/c35-22-14-34(13-21-4-2-6-29(21)42(34)15-22)19-44-33-38-28-18-40(30-12-25(43)11-20-3-1-5-27(36)31(20)30)10-9-26(28)32(39-33)41-16-23-7-8-24(17-41)37-23/h1,3,5,11-12,21-24,29,37,43H,2,4,6-10,13-19H2/t21-,22+,23?,24?,29-,34-/m1/s1. The molecule has 6 atom stereocenters. The highest BCUT2D eigenvalue weighted by Gasteiger charge is 2.58. The summed E-state index contributed by atoms with van der Waals surface area (Å²) < 4.78 is 36.5. The van der Waals surface area contributed by atoms with Crippen LogP contribution in [0.25, 0.3) is 10.8 Å². The van der Waals surface area contributed by atoms with Crippen molar-refractivity contribution < 1.29 is 18.6 Å². The third-order valence-corrected chi connectivity index (χ3v) is 11.5. The second-order valence-corrected chi connectivity index (χ2v) is 14.2. The molecule has 3 aromatic rings. The van der Waals surface area contributed by atoms with Gasteiger partial charge < -0.3 is 25.0 Å². The van der Waals surface area contributed by atoms with Gasteiger partial charge in [0.05, 0.1) is 23.5 Å². The fraction of sp³-hybridized carbons (Fsp3) is 0.588. The number of nitrogens with one attached hydrogen (secondary N) is 1. The second kappa shape index (κ2) is 10.1. The topological polar surface area (TPSA) is 77.0 Å². The smallest absolute Gasteiger partial charge is 0.318 e. The molecule has 2 N–H and O–H groups in total. The summed E-state index contributed by atoms with van der Waals surface area (Å²) in [5.74, 6) is 1.39. The number of benzene rings is 2. The lowest BCUT2D eigenvalue weighted by Gasteiger charge is -2.38. The minimum atomic E-state index is -0.817. The van der Waals surface area contributed by atoms with Crippen molar-refractivity contribution in [2.45, 2.75) is 87.7 Å². The fourth-order valence-electron chi connectivity index (χ4n) is 9.73. The molecule has 1 aliphatic carbocycles. The van der Waals surface area contributed by atoms with Gasteiger partial charge in [-0.2, -0.15) is 9.97 Å². The molecule has 1 saturated carbocycles. The van der Waals surface area contributed by atoms with E-state index in [-0.39, 0.29) is 17.1 Å². The Bertz CT molecular complexity index is 1610. The van der Waals surface area contributed by atoms with Gasteiger partial charge in [0.25, 0.3) is 0 Å². The molecule has 2 bridgehead atoms. The lowest BCUT2D eigenvalue weighted by Crippen LogP contribution is -2.52. The monoisotopic (exact) mass is 602 g/mol. The predicted octanol–water partition coefficient (Wildman–Crippen LogP) is 4.71. The molecule has 232 valence electrons. The van der Waals surface area contributed by atoms with E-state index in [9.17, 15) is 9.50 Å². The van der Waals surface area contributed by atoms with Crippen LogP contribution in [-0.2, 0) is 13.0 Å². The third kappa shape index (κ3) is 4.35. The van der Waals surface area contributed by atoms with Gasteiger partial charge in [-0.1, -0.05) is 18.6 Å². The first-order valence-electron chi connectivity index (χ1n) is 16.5. The van der Waals surface area contributed by atoms with Crippen molar-refractivity contribution in [2.75, 3.05) is 42.6 Å². The number of alkyl halides is 1. The average molecular weight is 603 g/mol. The van der Waals surface area contributed by atoms with Crippen LogP contribution < -0.4 is 19.9 Å². The van der Waals surface area contributed by atoms with E-state index < -0.39 is 6.17 Å². The number of anilines is 2. The zero-order valence-electron chi connectivity index (χ0n) is 25.0. The first-order chi connectivity index (χ1) is 21.4. The number of halogens is 2. The molecule has 4 saturated heterocycles. The first-order valence-corrected chi connectivity index (χ1v) is 16.5. The largest absolute Gasteiger partial charge is 0.508 e. The van der Waals surface area contributed by atoms with E-state index in [0.29, 0.717) is 85.6 Å². The van der Waals surface area contributed by atoms with Gasteiger partial charge in [-0.15, -0.1) is 0 Å². The van der Waals surface area contributed by atoms with E-state index in [1.54, 1.807) is 18.2 Å². The van der Waals surface area contributed by atoms with Crippen molar-refractivity contribution in [1.82, 2.24) is 20.2 Å². The number of piperazine rings is 1. The maximum atomic E-state index is 15.1. The molecule has 1 aromatic heterocycles. The number of hydrogen-bond donors (Lipinski definition) is 2. The Morgan fingerprint density at radius 2 is 1.89 bits per heavy atom. The molecule has 9 rings (SSSR count). The van der Waals surface area contributed by atoms with Crippen LogP contribution in [0.4, 0.5) is 20.3 Å². The summed E-state index contributed by atoms with van der Waals surface area (Å²) in [4.78, 5) is 17.0. The third-order valence-electron chi connectivity index (χ3n) is 11.5. The Kier molecular flexibility index (Phi) is 6.24. The number of phenols is 1. The lowest BCUT2D eigenvalue weighted by atomic mass is 9.89. The molecule has 2 aromatic carbocycles. The van der Waals surface area contributed by atoms with Gasteiger partial charge in [0.15, 0.2) is 0 Å². The molecule has 0 amide bonds. The number of aromatic hydroxyl groups is 1. The van der Waals surface area contributed by atoms with Crippen LogP contribution in [0.15, 0.2) is 30.3 Å². The summed E-state index contributed by atoms with van der Waals surface area (Å²) in [7, 11) is 0. The second-order valence-electron chi connectivity index (χ2n) is 14.2. The molecule has 5 fully saturated rings. The highest BCUT2D eigenvalue weighted by Crippen LogP contribution is 2.52. The average Bonchev–Trinajstić information content (AvgIpc) is 3.75. The first kappa shape index (κ1) is 27.1. The summed E-state index contributed by atoms with van der Waals surface area (Å²) in [6.07, 6.45) is 7.36. The predicted molar refractivity (Wildman–Crippen MR) is 165 cm³/mol. The molecule has 5 aliphatic heterocycles. The maximum Gasteiger partial charge on any atom is 0.318 e. The molecule has 6 heterocycles. The number of ether oxygens (including phenoxy) is 1. The Hall–Kier alpha value is -3.24. The summed E-state index contributed by atoms with van der Waals surface area (Å²) in [6, 6.07) is 9.97. The molecular weight excluding hydrogens is 562 g/mol. The molecule has 2 unspecified atom stereocenters. The van der Waals surface area contributed by atoms with Crippen molar-refractivity contribution in [3.8, 4) is 11.8 Å². The van der Waals surface area contributed by atoms with E-state index in [0.717, 1.165) is 43.0 Å². The normalized spacial score (nSPS) is 32.7. The Balaban J connectivity index is 1.07. The zero-order valence-corrected chi connectivity index (χ0v) is 25.0. The SMILES string of the molecule is Oc1cc(N2CCc3c(nc(OC[C@@]45C[C@H](F)CN4[C@@H]4CCC[C@@H]4C5)nc3N3CC4CCC(C3)N4)C2)c2c(F)cccc2c1. The van der Waals surface area contributed by atoms with Crippen molar-refractivity contribution in [3.63, 3.8) is 0 Å². The van der Waals surface area contributed by atoms with Crippen molar-refractivity contribution in [1.29, 1.82) is 0 Å². The number of aromatic nitrogens is 2. The summed E-state index contributed by atoms with van der Waals surface area (Å²) in [5, 5.41) is 15.4. The summed E-state index contributed by atoms with van der Waals surface area (Å²) in [6.45, 7) is 3.83. The Labute approximate surface area is 256 Å². The van der Waals surface area contributed by atoms with E-state index in [1.165, 1.54) is 31.7 Å². The quantitative estimate of drug-likeness (QED) is 0.435. The van der Waals surface area contributed by atoms with Gasteiger partial charge in [-0.05, 0) is 62.0 Å². The highest BCUT2D eigenvalue weighted by molar-refractivity contribution is 5.96. The fourth-order valence-corrected chi connectivity index (χ4v) is 9.73.